The second-order valence-electron chi connectivity index (χ2n) is 8.53. The molecule has 1 saturated heterocycles. The van der Waals surface area contributed by atoms with Gasteiger partial charge in [0, 0.05) is 30.1 Å². The summed E-state index contributed by atoms with van der Waals surface area (Å²) < 4.78 is 0.816. The van der Waals surface area contributed by atoms with Crippen molar-refractivity contribution in [2.24, 2.45) is 10.1 Å². The number of thiazole rings is 1. The number of carbonyl (C=O) groups is 4. The summed E-state index contributed by atoms with van der Waals surface area (Å²) in [6.07, 6.45) is 5.82. The van der Waals surface area contributed by atoms with E-state index < -0.39 is 41.8 Å². The van der Waals surface area contributed by atoms with Crippen LogP contribution in [0.15, 0.2) is 50.8 Å². The smallest absolute Gasteiger partial charge is 0.352 e. The number of nitrogen functional groups attached to an aromatic ring is 1. The first-order valence-electron chi connectivity index (χ1n) is 11.5. The fraction of sp³-hybridized carbons (Fsp3) is 0.318. The van der Waals surface area contributed by atoms with Crippen LogP contribution in [0.3, 0.4) is 0 Å². The lowest BCUT2D eigenvalue weighted by atomic mass is 10.0. The van der Waals surface area contributed by atoms with Crippen molar-refractivity contribution in [3.8, 4) is 0 Å². The van der Waals surface area contributed by atoms with Crippen molar-refractivity contribution in [1.29, 1.82) is 0 Å². The predicted molar refractivity (Wildman–Crippen MR) is 153 cm³/mol. The Hall–Kier alpha value is -3.48. The number of aliphatic carboxylic acids is 2. The van der Waals surface area contributed by atoms with Crippen molar-refractivity contribution in [3.05, 3.63) is 46.4 Å². The first-order chi connectivity index (χ1) is 19.1. The minimum atomic E-state index is -1.30. The summed E-state index contributed by atoms with van der Waals surface area (Å²) in [4.78, 5) is 65.7. The molecule has 4 aliphatic heterocycles. The zero-order valence-electron chi connectivity index (χ0n) is 20.5. The van der Waals surface area contributed by atoms with Crippen LogP contribution in [0.1, 0.15) is 5.69 Å². The lowest BCUT2D eigenvalue weighted by molar-refractivity contribution is -0.150. The van der Waals surface area contributed by atoms with Gasteiger partial charge in [-0.2, -0.15) is 0 Å². The number of aliphatic imine (C=N–C) groups is 1. The molecular weight excluding hydrogens is 603 g/mol. The van der Waals surface area contributed by atoms with Gasteiger partial charge in [-0.3, -0.25) is 14.5 Å². The maximum atomic E-state index is 13.1. The molecule has 5 rings (SSSR count). The van der Waals surface area contributed by atoms with Gasteiger partial charge in [0.05, 0.1) is 5.70 Å². The highest BCUT2D eigenvalue weighted by molar-refractivity contribution is 8.39. The molecule has 0 aliphatic carbocycles. The first-order valence-corrected chi connectivity index (χ1v) is 15.3. The van der Waals surface area contributed by atoms with E-state index in [1.165, 1.54) is 33.8 Å². The zero-order chi connectivity index (χ0) is 28.6. The third kappa shape index (κ3) is 5.56. The highest BCUT2D eigenvalue weighted by Gasteiger charge is 2.54. The van der Waals surface area contributed by atoms with Crippen molar-refractivity contribution in [2.45, 2.75) is 16.8 Å². The van der Waals surface area contributed by atoms with Gasteiger partial charge in [-0.05, 0) is 17.7 Å². The van der Waals surface area contributed by atoms with Crippen LogP contribution in [-0.4, -0.2) is 101 Å². The van der Waals surface area contributed by atoms with Gasteiger partial charge in [0.15, 0.2) is 10.8 Å². The lowest BCUT2D eigenvalue weighted by Crippen LogP contribution is -2.71. The number of amides is 2. The molecule has 5 N–H and O–H groups in total. The maximum Gasteiger partial charge on any atom is 0.352 e. The number of thioether (sulfide) groups is 3. The summed E-state index contributed by atoms with van der Waals surface area (Å²) in [5.41, 5.74) is 6.73. The number of hydrogen-bond acceptors (Lipinski definition) is 14. The van der Waals surface area contributed by atoms with Gasteiger partial charge < -0.3 is 31.0 Å². The van der Waals surface area contributed by atoms with Crippen LogP contribution in [-0.2, 0) is 24.0 Å². The van der Waals surface area contributed by atoms with E-state index in [2.05, 4.69) is 20.4 Å². The molecule has 1 fully saturated rings. The Kier molecular flexibility index (Phi) is 8.11. The average Bonchev–Trinajstić information content (AvgIpc) is 3.54. The minimum Gasteiger partial charge on any atom is -0.479 e. The number of likely N-dealkylation sites (N-methyl/N-ethyl adjacent to an activating group) is 1. The standard InChI is InChI=1S/C22H21N7O7S4/c1-28-4-2-3-10-18(28)40-22(25-10)39-7-9-6-37-19-14(17(33)29(19)15(9)20(34)35)26-16(32)13(27-36-5-12(30)31)11-8-38-21(23)24-11/h2-4,8,14,18-19H,5-7H2,1H3,(H2,23,24)(H,26,32)(H,30,31)(H,34,35)/b27-13-/t14?,18?,19-/m1/s1. The Morgan fingerprint density at radius 2 is 2.15 bits per heavy atom. The van der Waals surface area contributed by atoms with Gasteiger partial charge in [0.1, 0.15) is 32.6 Å². The molecule has 4 aliphatic rings. The van der Waals surface area contributed by atoms with Gasteiger partial charge in [0.2, 0.25) is 6.61 Å². The van der Waals surface area contributed by atoms with Crippen LogP contribution < -0.4 is 11.1 Å². The summed E-state index contributed by atoms with van der Waals surface area (Å²) in [7, 11) is 1.96. The molecule has 0 spiro atoms. The molecular formula is C22H21N7O7S4. The Labute approximate surface area is 243 Å². The van der Waals surface area contributed by atoms with E-state index in [4.69, 9.17) is 15.7 Å². The number of nitrogens with zero attached hydrogens (tertiary/aromatic N) is 5. The third-order valence-electron chi connectivity index (χ3n) is 5.87. The van der Waals surface area contributed by atoms with Gasteiger partial charge in [-0.15, -0.1) is 23.1 Å². The Bertz CT molecular complexity index is 1440. The number of aromatic nitrogens is 1. The molecule has 14 nitrogen and oxygen atoms in total. The van der Waals surface area contributed by atoms with Crippen molar-refractivity contribution >= 4 is 85.6 Å². The zero-order valence-corrected chi connectivity index (χ0v) is 23.8. The van der Waals surface area contributed by atoms with E-state index in [0.29, 0.717) is 17.1 Å². The first kappa shape index (κ1) is 28.1. The number of hydrogen-bond donors (Lipinski definition) is 4. The molecule has 5 heterocycles. The van der Waals surface area contributed by atoms with Crippen LogP contribution in [0.2, 0.25) is 0 Å². The van der Waals surface area contributed by atoms with Crippen LogP contribution in [0.4, 0.5) is 5.13 Å². The van der Waals surface area contributed by atoms with Crippen molar-refractivity contribution < 1.29 is 34.2 Å². The molecule has 1 aromatic rings. The fourth-order valence-electron chi connectivity index (χ4n) is 4.08. The second kappa shape index (κ2) is 11.6. The number of oxime groups is 1. The van der Waals surface area contributed by atoms with Crippen LogP contribution in [0.5, 0.6) is 0 Å². The number of carboxylic acid groups (broad SMARTS) is 2. The highest BCUT2D eigenvalue weighted by atomic mass is 32.2. The number of nitrogens with two attached hydrogens (primary N) is 1. The molecule has 1 aromatic heterocycles. The SMILES string of the molecule is CN1C=CC=C2N=C(SCC3=C(C(=O)O)N4C(=O)C(NC(=O)/C(=N\OCC(=O)O)c5csc(N)n5)[C@H]4SC3)SC21. The van der Waals surface area contributed by atoms with Gasteiger partial charge >= 0.3 is 11.9 Å². The Balaban J connectivity index is 1.27. The molecule has 3 atom stereocenters. The highest BCUT2D eigenvalue weighted by Crippen LogP contribution is 2.43. The summed E-state index contributed by atoms with van der Waals surface area (Å²) in [5.74, 6) is -3.29. The summed E-state index contributed by atoms with van der Waals surface area (Å²) in [5, 5.41) is 25.9. The van der Waals surface area contributed by atoms with Crippen LogP contribution >= 0.6 is 46.6 Å². The largest absolute Gasteiger partial charge is 0.479 e. The Morgan fingerprint density at radius 3 is 2.83 bits per heavy atom. The molecule has 2 amide bonds. The number of rotatable bonds is 9. The van der Waals surface area contributed by atoms with E-state index in [9.17, 15) is 24.3 Å². The number of anilines is 1. The minimum absolute atomic E-state index is 0.0426. The molecule has 0 bridgehead atoms. The number of fused-ring (bicyclic) bond motifs is 2. The number of carboxylic acids is 2. The van der Waals surface area contributed by atoms with Crippen LogP contribution in [0, 0.1) is 0 Å². The summed E-state index contributed by atoms with van der Waals surface area (Å²) in [6, 6.07) is -1.03. The molecule has 0 saturated carbocycles. The summed E-state index contributed by atoms with van der Waals surface area (Å²) in [6.45, 7) is -0.796. The fourth-order valence-corrected chi connectivity index (χ4v) is 8.37. The van der Waals surface area contributed by atoms with Gasteiger partial charge in [-0.1, -0.05) is 28.7 Å². The van der Waals surface area contributed by atoms with E-state index in [1.807, 2.05) is 30.3 Å². The van der Waals surface area contributed by atoms with E-state index in [1.54, 1.807) is 11.8 Å². The number of carbonyl (C=O) groups excluding carboxylic acids is 2. The normalized spacial score (nSPS) is 23.7. The molecule has 2 unspecified atom stereocenters. The molecule has 210 valence electrons. The average molecular weight is 624 g/mol. The monoisotopic (exact) mass is 623 g/mol. The molecule has 0 radical (unpaired) electrons. The molecule has 18 heteroatoms. The maximum absolute atomic E-state index is 13.1. The quantitative estimate of drug-likeness (QED) is 0.171. The van der Waals surface area contributed by atoms with Crippen molar-refractivity contribution in [2.75, 3.05) is 30.9 Å². The van der Waals surface area contributed by atoms with Crippen molar-refractivity contribution in [1.82, 2.24) is 20.1 Å². The van der Waals surface area contributed by atoms with Gasteiger partial charge in [0.25, 0.3) is 11.8 Å². The van der Waals surface area contributed by atoms with Gasteiger partial charge in [-0.25, -0.2) is 19.6 Å². The molecule has 0 aromatic carbocycles. The Morgan fingerprint density at radius 1 is 1.35 bits per heavy atom. The number of allylic oxidation sites excluding steroid dienone is 2. The van der Waals surface area contributed by atoms with Crippen molar-refractivity contribution in [3.63, 3.8) is 0 Å². The van der Waals surface area contributed by atoms with E-state index in [0.717, 1.165) is 21.4 Å². The topological polar surface area (TPSA) is 200 Å². The van der Waals surface area contributed by atoms with E-state index >= 15 is 0 Å². The summed E-state index contributed by atoms with van der Waals surface area (Å²) >= 11 is 5.37. The molecule has 40 heavy (non-hydrogen) atoms. The lowest BCUT2D eigenvalue weighted by Gasteiger charge is -2.49. The number of nitrogens with one attached hydrogen (secondary N) is 1. The number of β-lactam (4-membered cyclic amide) rings is 1. The predicted octanol–water partition coefficient (Wildman–Crippen LogP) is 0.774. The second-order valence-corrected chi connectivity index (χ2v) is 12.8. The van der Waals surface area contributed by atoms with Crippen LogP contribution in [0.25, 0.3) is 0 Å². The third-order valence-corrected chi connectivity index (χ3v) is 10.5. The van der Waals surface area contributed by atoms with E-state index in [-0.39, 0.29) is 27.6 Å².